The molecular weight excluding hydrogens is 461 g/mol. The van der Waals surface area contributed by atoms with Crippen molar-refractivity contribution in [1.29, 1.82) is 0 Å². The Morgan fingerprint density at radius 2 is 1.71 bits per heavy atom. The standard InChI is InChI=1S/C26H23F3N2O2S/c27-26(28,29)19-8-6-18(7-9-19)25(33)31(20-10-11-20)16-23(32)30-14-12-22-21(13-15-34-22)24(30)17-4-2-1-3-5-17/h1-9,13,15,20,24H,10-12,14,16H2. The van der Waals surface area contributed by atoms with Crippen molar-refractivity contribution < 1.29 is 22.8 Å². The fraction of sp³-hybridized carbons (Fsp3) is 0.308. The van der Waals surface area contributed by atoms with Crippen molar-refractivity contribution in [2.45, 2.75) is 37.5 Å². The Morgan fingerprint density at radius 1 is 1.00 bits per heavy atom. The summed E-state index contributed by atoms with van der Waals surface area (Å²) in [6.07, 6.45) is -2.12. The van der Waals surface area contributed by atoms with Gasteiger partial charge in [0.15, 0.2) is 0 Å². The normalized spacial score (nSPS) is 17.9. The van der Waals surface area contributed by atoms with Crippen LogP contribution in [0, 0.1) is 0 Å². The van der Waals surface area contributed by atoms with E-state index in [9.17, 15) is 22.8 Å². The van der Waals surface area contributed by atoms with E-state index in [0.717, 1.165) is 42.5 Å². The van der Waals surface area contributed by atoms with E-state index in [1.807, 2.05) is 40.6 Å². The number of carbonyl (C=O) groups excluding carboxylic acids is 2. The summed E-state index contributed by atoms with van der Waals surface area (Å²) in [4.78, 5) is 31.4. The zero-order valence-corrected chi connectivity index (χ0v) is 19.1. The minimum atomic E-state index is -4.46. The molecule has 0 radical (unpaired) electrons. The van der Waals surface area contributed by atoms with Gasteiger partial charge in [-0.2, -0.15) is 13.2 Å². The van der Waals surface area contributed by atoms with Crippen LogP contribution in [0.3, 0.4) is 0 Å². The summed E-state index contributed by atoms with van der Waals surface area (Å²) in [7, 11) is 0. The SMILES string of the molecule is O=C(c1ccc(C(F)(F)F)cc1)N(CC(=O)N1CCc2sccc2C1c1ccccc1)C1CC1. The van der Waals surface area contributed by atoms with E-state index >= 15 is 0 Å². The number of alkyl halides is 3. The van der Waals surface area contributed by atoms with Gasteiger partial charge in [-0.1, -0.05) is 30.3 Å². The summed E-state index contributed by atoms with van der Waals surface area (Å²) in [5.74, 6) is -0.563. The molecule has 1 aliphatic heterocycles. The van der Waals surface area contributed by atoms with Gasteiger partial charge in [-0.05, 0) is 66.1 Å². The molecule has 0 saturated heterocycles. The predicted octanol–water partition coefficient (Wildman–Crippen LogP) is 5.55. The molecule has 3 aromatic rings. The maximum Gasteiger partial charge on any atom is 0.416 e. The molecule has 0 N–H and O–H groups in total. The highest BCUT2D eigenvalue weighted by atomic mass is 32.1. The average molecular weight is 485 g/mol. The number of thiophene rings is 1. The van der Waals surface area contributed by atoms with Crippen molar-refractivity contribution >= 4 is 23.2 Å². The second kappa shape index (κ2) is 8.91. The molecule has 1 unspecified atom stereocenters. The Morgan fingerprint density at radius 3 is 2.35 bits per heavy atom. The second-order valence-corrected chi connectivity index (χ2v) is 9.69. The van der Waals surface area contributed by atoms with Crippen LogP contribution in [0.5, 0.6) is 0 Å². The smallest absolute Gasteiger partial charge is 0.330 e. The molecule has 34 heavy (non-hydrogen) atoms. The quantitative estimate of drug-likeness (QED) is 0.477. The topological polar surface area (TPSA) is 40.6 Å². The summed E-state index contributed by atoms with van der Waals surface area (Å²) >= 11 is 1.69. The molecule has 1 aromatic heterocycles. The minimum Gasteiger partial charge on any atom is -0.330 e. The first-order valence-corrected chi connectivity index (χ1v) is 12.1. The zero-order valence-electron chi connectivity index (χ0n) is 18.3. The third-order valence-electron chi connectivity index (χ3n) is 6.41. The third kappa shape index (κ3) is 4.46. The maximum absolute atomic E-state index is 13.6. The molecule has 2 aliphatic rings. The van der Waals surface area contributed by atoms with Gasteiger partial charge in [0.2, 0.25) is 5.91 Å². The molecule has 2 heterocycles. The van der Waals surface area contributed by atoms with E-state index in [1.165, 1.54) is 21.9 Å². The lowest BCUT2D eigenvalue weighted by atomic mass is 9.93. The molecule has 1 aliphatic carbocycles. The number of rotatable bonds is 5. The molecule has 2 amide bonds. The Kier molecular flexibility index (Phi) is 5.93. The van der Waals surface area contributed by atoms with Crippen molar-refractivity contribution in [2.24, 2.45) is 0 Å². The first kappa shape index (κ1) is 22.7. The van der Waals surface area contributed by atoms with Crippen LogP contribution in [0.1, 0.15) is 50.8 Å². The number of amides is 2. The molecule has 1 atom stereocenters. The van der Waals surface area contributed by atoms with E-state index in [0.29, 0.717) is 6.54 Å². The zero-order chi connectivity index (χ0) is 23.9. The number of benzene rings is 2. The van der Waals surface area contributed by atoms with Gasteiger partial charge in [0.25, 0.3) is 5.91 Å². The molecule has 0 spiro atoms. The Hall–Kier alpha value is -3.13. The number of nitrogens with zero attached hydrogens (tertiary/aromatic N) is 2. The summed E-state index contributed by atoms with van der Waals surface area (Å²) in [6, 6.07) is 15.8. The average Bonchev–Trinajstić information content (AvgIpc) is 3.57. The van der Waals surface area contributed by atoms with E-state index in [-0.39, 0.29) is 30.1 Å². The highest BCUT2D eigenvalue weighted by Gasteiger charge is 2.38. The summed E-state index contributed by atoms with van der Waals surface area (Å²) in [5, 5.41) is 2.04. The summed E-state index contributed by atoms with van der Waals surface area (Å²) in [6.45, 7) is 0.464. The molecule has 1 fully saturated rings. The Bertz CT molecular complexity index is 1190. The van der Waals surface area contributed by atoms with Crippen LogP contribution in [0.15, 0.2) is 66.0 Å². The Balaban J connectivity index is 1.39. The molecule has 8 heteroatoms. The minimum absolute atomic E-state index is 0.0598. The fourth-order valence-electron chi connectivity index (χ4n) is 4.54. The first-order valence-electron chi connectivity index (χ1n) is 11.2. The van der Waals surface area contributed by atoms with Crippen molar-refractivity contribution in [3.63, 3.8) is 0 Å². The van der Waals surface area contributed by atoms with Gasteiger partial charge in [-0.3, -0.25) is 9.59 Å². The van der Waals surface area contributed by atoms with E-state index < -0.39 is 17.6 Å². The second-order valence-electron chi connectivity index (χ2n) is 8.69. The van der Waals surface area contributed by atoms with Crippen molar-refractivity contribution in [1.82, 2.24) is 9.80 Å². The summed E-state index contributed by atoms with van der Waals surface area (Å²) in [5.41, 5.74) is 1.49. The van der Waals surface area contributed by atoms with Crippen molar-refractivity contribution in [2.75, 3.05) is 13.1 Å². The lowest BCUT2D eigenvalue weighted by Gasteiger charge is -2.37. The number of carbonyl (C=O) groups is 2. The molecule has 176 valence electrons. The van der Waals surface area contributed by atoms with Crippen LogP contribution in [0.4, 0.5) is 13.2 Å². The van der Waals surface area contributed by atoms with Crippen molar-refractivity contribution in [3.05, 3.63) is 93.2 Å². The van der Waals surface area contributed by atoms with E-state index in [2.05, 4.69) is 6.07 Å². The third-order valence-corrected chi connectivity index (χ3v) is 7.41. The molecule has 5 rings (SSSR count). The van der Waals surface area contributed by atoms with Gasteiger partial charge in [-0.15, -0.1) is 11.3 Å². The number of hydrogen-bond donors (Lipinski definition) is 0. The van der Waals surface area contributed by atoms with E-state index in [1.54, 1.807) is 11.3 Å². The maximum atomic E-state index is 13.6. The lowest BCUT2D eigenvalue weighted by Crippen LogP contribution is -2.47. The molecular formula is C26H23F3N2O2S. The monoisotopic (exact) mass is 484 g/mol. The number of halogens is 3. The van der Waals surface area contributed by atoms with Crippen LogP contribution in [0.2, 0.25) is 0 Å². The van der Waals surface area contributed by atoms with Crippen LogP contribution >= 0.6 is 11.3 Å². The number of hydrogen-bond acceptors (Lipinski definition) is 3. The van der Waals surface area contributed by atoms with Crippen LogP contribution in [0.25, 0.3) is 0 Å². The molecule has 1 saturated carbocycles. The van der Waals surface area contributed by atoms with Gasteiger partial charge < -0.3 is 9.80 Å². The molecule has 2 aromatic carbocycles. The largest absolute Gasteiger partial charge is 0.416 e. The molecule has 4 nitrogen and oxygen atoms in total. The van der Waals surface area contributed by atoms with Gasteiger partial charge in [0.05, 0.1) is 11.6 Å². The first-order chi connectivity index (χ1) is 16.3. The van der Waals surface area contributed by atoms with Crippen LogP contribution in [-0.2, 0) is 17.4 Å². The highest BCUT2D eigenvalue weighted by Crippen LogP contribution is 2.38. The van der Waals surface area contributed by atoms with Gasteiger partial charge >= 0.3 is 6.18 Å². The van der Waals surface area contributed by atoms with Gasteiger partial charge in [0, 0.05) is 23.0 Å². The molecule has 0 bridgehead atoms. The number of fused-ring (bicyclic) bond motifs is 1. The van der Waals surface area contributed by atoms with Gasteiger partial charge in [-0.25, -0.2) is 0 Å². The predicted molar refractivity (Wildman–Crippen MR) is 124 cm³/mol. The van der Waals surface area contributed by atoms with Crippen molar-refractivity contribution in [3.8, 4) is 0 Å². The van der Waals surface area contributed by atoms with E-state index in [4.69, 9.17) is 0 Å². The Labute approximate surface area is 199 Å². The fourth-order valence-corrected chi connectivity index (χ4v) is 5.44. The highest BCUT2D eigenvalue weighted by molar-refractivity contribution is 7.10. The van der Waals surface area contributed by atoms with Crippen LogP contribution in [-0.4, -0.2) is 40.7 Å². The van der Waals surface area contributed by atoms with Gasteiger partial charge in [0.1, 0.15) is 6.54 Å². The van der Waals surface area contributed by atoms with Crippen LogP contribution < -0.4 is 0 Å². The summed E-state index contributed by atoms with van der Waals surface area (Å²) < 4.78 is 38.7. The lowest BCUT2D eigenvalue weighted by molar-refractivity contribution is -0.137.